The number of nitriles is 1. The molecular weight excluding hydrogens is 319 g/mol. The summed E-state index contributed by atoms with van der Waals surface area (Å²) < 4.78 is 60.9. The molecule has 0 aromatic rings. The second-order valence-corrected chi connectivity index (χ2v) is 9.85. The van der Waals surface area contributed by atoms with Gasteiger partial charge in [-0.25, -0.2) is 8.42 Å². The van der Waals surface area contributed by atoms with E-state index in [1.165, 1.54) is 6.07 Å². The Bertz CT molecular complexity index is 637. The third-order valence-electron chi connectivity index (χ3n) is 6.10. The van der Waals surface area contributed by atoms with E-state index in [-0.39, 0.29) is 31.1 Å². The smallest absolute Gasteiger partial charge is 0.390 e. The molecule has 8 heteroatoms. The average Bonchev–Trinajstić information content (AvgIpc) is 2.32. The number of alkyl halides is 3. The van der Waals surface area contributed by atoms with Crippen molar-refractivity contribution in [3.63, 3.8) is 0 Å². The second kappa shape index (κ2) is 4.18. The predicted molar refractivity (Wildman–Crippen MR) is 71.1 cm³/mol. The highest BCUT2D eigenvalue weighted by atomic mass is 32.2. The minimum atomic E-state index is -5.65. The van der Waals surface area contributed by atoms with Gasteiger partial charge in [0.1, 0.15) is 0 Å². The van der Waals surface area contributed by atoms with Gasteiger partial charge in [0.15, 0.2) is 4.75 Å². The predicted octanol–water partition coefficient (Wildman–Crippen LogP) is 2.53. The van der Waals surface area contributed by atoms with Gasteiger partial charge < -0.3 is 5.11 Å². The van der Waals surface area contributed by atoms with Gasteiger partial charge in [-0.2, -0.15) is 18.4 Å². The summed E-state index contributed by atoms with van der Waals surface area (Å²) in [5, 5.41) is 20.0. The van der Waals surface area contributed by atoms with Crippen LogP contribution in [0.3, 0.4) is 0 Å². The van der Waals surface area contributed by atoms with Crippen molar-refractivity contribution in [2.75, 3.05) is 0 Å². The zero-order valence-corrected chi connectivity index (χ0v) is 13.0. The van der Waals surface area contributed by atoms with Gasteiger partial charge in [0.05, 0.1) is 11.7 Å². The number of rotatable bonds is 2. The lowest BCUT2D eigenvalue weighted by atomic mass is 9.45. The minimum absolute atomic E-state index is 0.00218. The van der Waals surface area contributed by atoms with Crippen molar-refractivity contribution >= 4 is 9.84 Å². The van der Waals surface area contributed by atoms with Crippen LogP contribution in [0.4, 0.5) is 13.2 Å². The standard InChI is InChI=1S/C14H18F3NO3S/c1-11(8-18,22(20,21)14(15,16)17)12-3-9-2-10(4-12)6-13(19,5-9)7-12/h9-10,19H,2-7H2,1H3. The van der Waals surface area contributed by atoms with Crippen molar-refractivity contribution in [3.05, 3.63) is 0 Å². The first-order valence-corrected chi connectivity index (χ1v) is 8.81. The first-order chi connectivity index (χ1) is 9.88. The third kappa shape index (κ3) is 1.81. The Balaban J connectivity index is 2.14. The SMILES string of the molecule is CC(C#N)(C12CC3CC(CC(O)(C3)C1)C2)S(=O)(=O)C(F)(F)F. The van der Waals surface area contributed by atoms with E-state index >= 15 is 0 Å². The monoisotopic (exact) mass is 337 g/mol. The summed E-state index contributed by atoms with van der Waals surface area (Å²) in [7, 11) is -5.65. The Morgan fingerprint density at radius 1 is 1.18 bits per heavy atom. The normalized spacial score (nSPS) is 43.6. The molecule has 0 saturated heterocycles. The summed E-state index contributed by atoms with van der Waals surface area (Å²) in [5.74, 6) is 0.00437. The van der Waals surface area contributed by atoms with E-state index in [0.29, 0.717) is 12.8 Å². The number of sulfone groups is 1. The van der Waals surface area contributed by atoms with Crippen LogP contribution in [0.15, 0.2) is 0 Å². The van der Waals surface area contributed by atoms with Gasteiger partial charge in [0, 0.05) is 5.41 Å². The minimum Gasteiger partial charge on any atom is -0.390 e. The van der Waals surface area contributed by atoms with Crippen LogP contribution in [-0.2, 0) is 9.84 Å². The lowest BCUT2D eigenvalue weighted by Gasteiger charge is -2.63. The van der Waals surface area contributed by atoms with Crippen LogP contribution in [0.2, 0.25) is 0 Å². The fourth-order valence-corrected chi connectivity index (χ4v) is 6.86. The molecule has 4 aliphatic carbocycles. The Labute approximate surface area is 127 Å². The van der Waals surface area contributed by atoms with E-state index < -0.39 is 31.1 Å². The first kappa shape index (κ1) is 16.1. The number of hydrogen-bond acceptors (Lipinski definition) is 4. The van der Waals surface area contributed by atoms with Crippen LogP contribution in [0, 0.1) is 28.6 Å². The number of halogens is 3. The zero-order valence-electron chi connectivity index (χ0n) is 12.2. The van der Waals surface area contributed by atoms with Crippen LogP contribution in [0.25, 0.3) is 0 Å². The lowest BCUT2D eigenvalue weighted by molar-refractivity contribution is -0.170. The third-order valence-corrected chi connectivity index (χ3v) is 8.31. The van der Waals surface area contributed by atoms with Crippen molar-refractivity contribution in [1.82, 2.24) is 0 Å². The molecule has 4 nitrogen and oxygen atoms in total. The second-order valence-electron chi connectivity index (χ2n) is 7.56. The number of aliphatic hydroxyl groups is 1. The van der Waals surface area contributed by atoms with Gasteiger partial charge in [-0.3, -0.25) is 0 Å². The molecule has 124 valence electrons. The Morgan fingerprint density at radius 3 is 2.05 bits per heavy atom. The molecule has 3 unspecified atom stereocenters. The van der Waals surface area contributed by atoms with E-state index in [4.69, 9.17) is 0 Å². The fourth-order valence-electron chi connectivity index (χ4n) is 5.47. The lowest BCUT2D eigenvalue weighted by Crippen LogP contribution is -2.65. The maximum atomic E-state index is 13.1. The van der Waals surface area contributed by atoms with E-state index in [2.05, 4.69) is 0 Å². The highest BCUT2D eigenvalue weighted by Gasteiger charge is 2.71. The van der Waals surface area contributed by atoms with E-state index in [0.717, 1.165) is 13.3 Å². The molecule has 0 spiro atoms. The molecule has 3 atom stereocenters. The molecule has 0 radical (unpaired) electrons. The topological polar surface area (TPSA) is 78.2 Å². The maximum Gasteiger partial charge on any atom is 0.498 e. The van der Waals surface area contributed by atoms with Crippen LogP contribution >= 0.6 is 0 Å². The van der Waals surface area contributed by atoms with Gasteiger partial charge in [0.2, 0.25) is 0 Å². The summed E-state index contributed by atoms with van der Waals surface area (Å²) >= 11 is 0. The van der Waals surface area contributed by atoms with Crippen LogP contribution in [0.5, 0.6) is 0 Å². The van der Waals surface area contributed by atoms with Crippen molar-refractivity contribution in [2.24, 2.45) is 17.3 Å². The molecule has 4 fully saturated rings. The molecule has 0 aromatic carbocycles. The highest BCUT2D eigenvalue weighted by molar-refractivity contribution is 7.93. The zero-order chi connectivity index (χ0) is 16.6. The molecular formula is C14H18F3NO3S. The highest BCUT2D eigenvalue weighted by Crippen LogP contribution is 2.67. The fraction of sp³-hybridized carbons (Fsp3) is 0.929. The summed E-state index contributed by atoms with van der Waals surface area (Å²) in [5.41, 5.74) is -7.90. The molecule has 0 amide bonds. The van der Waals surface area contributed by atoms with Crippen LogP contribution in [0.1, 0.15) is 45.4 Å². The quantitative estimate of drug-likeness (QED) is 0.840. The van der Waals surface area contributed by atoms with Crippen LogP contribution in [-0.4, -0.2) is 29.4 Å². The molecule has 1 N–H and O–H groups in total. The summed E-state index contributed by atoms with van der Waals surface area (Å²) in [6.07, 6.45) is 2.30. The molecule has 4 bridgehead atoms. The summed E-state index contributed by atoms with van der Waals surface area (Å²) in [4.78, 5) is 0. The first-order valence-electron chi connectivity index (χ1n) is 7.33. The summed E-state index contributed by atoms with van der Waals surface area (Å²) in [6.45, 7) is 0.895. The molecule has 4 saturated carbocycles. The molecule has 0 heterocycles. The van der Waals surface area contributed by atoms with Crippen molar-refractivity contribution in [1.29, 1.82) is 5.26 Å². The molecule has 0 aliphatic heterocycles. The van der Waals surface area contributed by atoms with Gasteiger partial charge in [0.25, 0.3) is 9.84 Å². The van der Waals surface area contributed by atoms with Gasteiger partial charge in [-0.15, -0.1) is 0 Å². The van der Waals surface area contributed by atoms with E-state index in [1.807, 2.05) is 0 Å². The summed E-state index contributed by atoms with van der Waals surface area (Å²) in [6, 6.07) is 1.48. The molecule has 22 heavy (non-hydrogen) atoms. The average molecular weight is 337 g/mol. The van der Waals surface area contributed by atoms with Gasteiger partial charge >= 0.3 is 5.51 Å². The number of nitrogens with zero attached hydrogens (tertiary/aromatic N) is 1. The van der Waals surface area contributed by atoms with Gasteiger partial charge in [-0.1, -0.05) is 0 Å². The van der Waals surface area contributed by atoms with Crippen molar-refractivity contribution in [2.45, 2.75) is 61.3 Å². The largest absolute Gasteiger partial charge is 0.498 e. The Hall–Kier alpha value is -0.810. The Kier molecular flexibility index (Phi) is 3.05. The molecule has 4 aliphatic rings. The van der Waals surface area contributed by atoms with E-state index in [9.17, 15) is 32.0 Å². The van der Waals surface area contributed by atoms with Crippen molar-refractivity contribution < 1.29 is 26.7 Å². The number of hydrogen-bond donors (Lipinski definition) is 1. The maximum absolute atomic E-state index is 13.1. The Morgan fingerprint density at radius 2 is 1.68 bits per heavy atom. The molecule has 0 aromatic heterocycles. The van der Waals surface area contributed by atoms with Crippen molar-refractivity contribution in [3.8, 4) is 6.07 Å². The van der Waals surface area contributed by atoms with Gasteiger partial charge in [-0.05, 0) is 57.3 Å². The molecule has 4 rings (SSSR count). The van der Waals surface area contributed by atoms with E-state index in [1.54, 1.807) is 0 Å². The van der Waals surface area contributed by atoms with Crippen LogP contribution < -0.4 is 0 Å².